The molecule has 3 aromatic rings. The summed E-state index contributed by atoms with van der Waals surface area (Å²) in [5.74, 6) is 0.472. The predicted octanol–water partition coefficient (Wildman–Crippen LogP) is 3.87. The molecule has 1 aromatic carbocycles. The number of pyridine rings is 1. The molecular weight excluding hydrogens is 358 g/mol. The van der Waals surface area contributed by atoms with E-state index in [-0.39, 0.29) is 17.3 Å². The van der Waals surface area contributed by atoms with E-state index in [1.807, 2.05) is 26.8 Å². The van der Waals surface area contributed by atoms with Gasteiger partial charge in [0.1, 0.15) is 17.0 Å². The van der Waals surface area contributed by atoms with E-state index in [1.54, 1.807) is 12.3 Å². The van der Waals surface area contributed by atoms with Crippen LogP contribution in [0.4, 0.5) is 17.2 Å². The zero-order chi connectivity index (χ0) is 20.3. The van der Waals surface area contributed by atoms with Crippen LogP contribution in [0.5, 0.6) is 0 Å². The van der Waals surface area contributed by atoms with E-state index in [0.717, 1.165) is 12.0 Å². The molecule has 0 spiro atoms. The van der Waals surface area contributed by atoms with E-state index in [0.29, 0.717) is 22.7 Å². The molecule has 2 heterocycles. The summed E-state index contributed by atoms with van der Waals surface area (Å²) in [5.41, 5.74) is 2.08. The maximum absolute atomic E-state index is 13.0. The lowest BCUT2D eigenvalue weighted by atomic mass is 10.2. The first-order chi connectivity index (χ1) is 13.4. The molecule has 0 bridgehead atoms. The molecule has 28 heavy (non-hydrogen) atoms. The van der Waals surface area contributed by atoms with Crippen LogP contribution in [-0.4, -0.2) is 26.6 Å². The highest BCUT2D eigenvalue weighted by Gasteiger charge is 2.14. The fourth-order valence-corrected chi connectivity index (χ4v) is 2.67. The molecule has 1 N–H and O–H groups in total. The van der Waals surface area contributed by atoms with Gasteiger partial charge in [-0.05, 0) is 44.0 Å². The predicted molar refractivity (Wildman–Crippen MR) is 110 cm³/mol. The van der Waals surface area contributed by atoms with E-state index in [1.165, 1.54) is 34.9 Å². The summed E-state index contributed by atoms with van der Waals surface area (Å²) in [6.45, 7) is 5.96. The molecule has 1 atom stereocenters. The van der Waals surface area contributed by atoms with Gasteiger partial charge in [0.25, 0.3) is 11.2 Å². The SMILES string of the molecule is CC[C@H](C)Nc1nc2c(C)cccn2c(=O)c1C=Nc1ccc([N+](=O)[O-])cc1. The first-order valence-electron chi connectivity index (χ1n) is 8.97. The average Bonchev–Trinajstić information content (AvgIpc) is 2.68. The second-order valence-electron chi connectivity index (χ2n) is 6.55. The molecule has 0 saturated heterocycles. The monoisotopic (exact) mass is 379 g/mol. The van der Waals surface area contributed by atoms with Crippen LogP contribution >= 0.6 is 0 Å². The number of nitro groups is 1. The largest absolute Gasteiger partial charge is 0.367 e. The van der Waals surface area contributed by atoms with Gasteiger partial charge >= 0.3 is 0 Å². The number of nitro benzene ring substituents is 1. The normalized spacial score (nSPS) is 12.4. The zero-order valence-corrected chi connectivity index (χ0v) is 15.9. The summed E-state index contributed by atoms with van der Waals surface area (Å²) in [6.07, 6.45) is 4.00. The van der Waals surface area contributed by atoms with Gasteiger partial charge in [0.15, 0.2) is 0 Å². The summed E-state index contributed by atoms with van der Waals surface area (Å²) in [7, 11) is 0. The summed E-state index contributed by atoms with van der Waals surface area (Å²) < 4.78 is 1.49. The van der Waals surface area contributed by atoms with Gasteiger partial charge in [-0.25, -0.2) is 4.98 Å². The van der Waals surface area contributed by atoms with Crippen LogP contribution in [0.1, 0.15) is 31.4 Å². The number of non-ortho nitro benzene ring substituents is 1. The van der Waals surface area contributed by atoms with Crippen molar-refractivity contribution in [2.45, 2.75) is 33.2 Å². The van der Waals surface area contributed by atoms with E-state index < -0.39 is 4.92 Å². The molecule has 0 aliphatic carbocycles. The van der Waals surface area contributed by atoms with E-state index in [4.69, 9.17) is 0 Å². The molecular formula is C20H21N5O3. The number of anilines is 1. The van der Waals surface area contributed by atoms with Gasteiger partial charge in [-0.15, -0.1) is 0 Å². The van der Waals surface area contributed by atoms with Gasteiger partial charge in [-0.2, -0.15) is 0 Å². The van der Waals surface area contributed by atoms with Gasteiger partial charge in [0, 0.05) is 30.6 Å². The third kappa shape index (κ3) is 3.90. The van der Waals surface area contributed by atoms with Crippen LogP contribution in [0.2, 0.25) is 0 Å². The van der Waals surface area contributed by atoms with Crippen molar-refractivity contribution in [1.29, 1.82) is 0 Å². The Bertz CT molecular complexity index is 1100. The van der Waals surface area contributed by atoms with Crippen LogP contribution in [0.3, 0.4) is 0 Å². The Morgan fingerprint density at radius 2 is 2.04 bits per heavy atom. The molecule has 0 aliphatic rings. The van der Waals surface area contributed by atoms with Crippen LogP contribution < -0.4 is 10.9 Å². The third-order valence-electron chi connectivity index (χ3n) is 4.48. The molecule has 3 rings (SSSR count). The molecule has 0 radical (unpaired) electrons. The first-order valence-corrected chi connectivity index (χ1v) is 8.97. The molecule has 0 unspecified atom stereocenters. The second-order valence-corrected chi connectivity index (χ2v) is 6.55. The number of aliphatic imine (C=N–C) groups is 1. The topological polar surface area (TPSA) is 102 Å². The van der Waals surface area contributed by atoms with Crippen LogP contribution in [0.25, 0.3) is 5.65 Å². The van der Waals surface area contributed by atoms with Crippen LogP contribution in [0, 0.1) is 17.0 Å². The highest BCUT2D eigenvalue weighted by Crippen LogP contribution is 2.19. The number of fused-ring (bicyclic) bond motifs is 1. The fraction of sp³-hybridized carbons (Fsp3) is 0.250. The Balaban J connectivity index is 2.09. The number of rotatable bonds is 6. The highest BCUT2D eigenvalue weighted by atomic mass is 16.6. The van der Waals surface area contributed by atoms with Gasteiger partial charge in [0.05, 0.1) is 10.6 Å². The Morgan fingerprint density at radius 1 is 1.32 bits per heavy atom. The van der Waals surface area contributed by atoms with Crippen molar-refractivity contribution < 1.29 is 4.92 Å². The molecule has 0 fully saturated rings. The van der Waals surface area contributed by atoms with Crippen LogP contribution in [0.15, 0.2) is 52.4 Å². The summed E-state index contributed by atoms with van der Waals surface area (Å²) in [4.78, 5) is 32.3. The average molecular weight is 379 g/mol. The van der Waals surface area contributed by atoms with Gasteiger partial charge in [0.2, 0.25) is 0 Å². The maximum atomic E-state index is 13.0. The Kier molecular flexibility index (Phi) is 5.49. The van der Waals surface area contributed by atoms with E-state index in [9.17, 15) is 14.9 Å². The molecule has 8 nitrogen and oxygen atoms in total. The number of aryl methyl sites for hydroxylation is 1. The molecule has 2 aromatic heterocycles. The van der Waals surface area contributed by atoms with Crippen molar-refractivity contribution >= 4 is 29.1 Å². The van der Waals surface area contributed by atoms with Crippen molar-refractivity contribution in [3.8, 4) is 0 Å². The van der Waals surface area contributed by atoms with Crippen molar-refractivity contribution in [1.82, 2.24) is 9.38 Å². The summed E-state index contributed by atoms with van der Waals surface area (Å²) in [5, 5.41) is 14.0. The summed E-state index contributed by atoms with van der Waals surface area (Å²) in [6, 6.07) is 9.65. The fourth-order valence-electron chi connectivity index (χ4n) is 2.67. The quantitative estimate of drug-likeness (QED) is 0.398. The smallest absolute Gasteiger partial charge is 0.269 e. The number of nitrogens with zero attached hydrogens (tertiary/aromatic N) is 4. The number of hydrogen-bond acceptors (Lipinski definition) is 6. The molecule has 144 valence electrons. The number of hydrogen-bond donors (Lipinski definition) is 1. The van der Waals surface area contributed by atoms with E-state index in [2.05, 4.69) is 15.3 Å². The van der Waals surface area contributed by atoms with Crippen LogP contribution in [-0.2, 0) is 0 Å². The maximum Gasteiger partial charge on any atom is 0.269 e. The molecule has 0 saturated carbocycles. The molecule has 0 aliphatic heterocycles. The molecule has 8 heteroatoms. The van der Waals surface area contributed by atoms with Gasteiger partial charge < -0.3 is 5.32 Å². The first kappa shape index (κ1) is 19.2. The number of aromatic nitrogens is 2. The summed E-state index contributed by atoms with van der Waals surface area (Å²) >= 11 is 0. The number of nitrogens with one attached hydrogen (secondary N) is 1. The third-order valence-corrected chi connectivity index (χ3v) is 4.48. The minimum atomic E-state index is -0.469. The van der Waals surface area contributed by atoms with Crippen molar-refractivity contribution in [2.75, 3.05) is 5.32 Å². The highest BCUT2D eigenvalue weighted by molar-refractivity contribution is 5.88. The van der Waals surface area contributed by atoms with Crippen molar-refractivity contribution in [3.05, 3.63) is 74.2 Å². The Morgan fingerprint density at radius 3 is 2.68 bits per heavy atom. The zero-order valence-electron chi connectivity index (χ0n) is 15.9. The minimum Gasteiger partial charge on any atom is -0.367 e. The van der Waals surface area contributed by atoms with Crippen molar-refractivity contribution in [3.63, 3.8) is 0 Å². The van der Waals surface area contributed by atoms with Gasteiger partial charge in [-0.3, -0.25) is 24.3 Å². The molecule has 0 amide bonds. The number of benzene rings is 1. The lowest BCUT2D eigenvalue weighted by molar-refractivity contribution is -0.384. The van der Waals surface area contributed by atoms with Gasteiger partial charge in [-0.1, -0.05) is 13.0 Å². The Hall–Kier alpha value is -3.55. The standard InChI is InChI=1S/C20H21N5O3/c1-4-14(3)22-18-17(12-21-15-7-9-16(10-8-15)25(27)28)20(26)24-11-5-6-13(2)19(24)23-18/h5-12,14,22H,4H2,1-3H3/t14-/m0/s1. The lowest BCUT2D eigenvalue weighted by Crippen LogP contribution is -2.25. The van der Waals surface area contributed by atoms with E-state index >= 15 is 0 Å². The van der Waals surface area contributed by atoms with Crippen molar-refractivity contribution in [2.24, 2.45) is 4.99 Å². The second kappa shape index (κ2) is 7.99. The Labute approximate surface area is 161 Å². The minimum absolute atomic E-state index is 0.0130. The lowest BCUT2D eigenvalue weighted by Gasteiger charge is -2.15.